The van der Waals surface area contributed by atoms with Crippen LogP contribution in [0.1, 0.15) is 18.4 Å². The van der Waals surface area contributed by atoms with E-state index in [0.717, 1.165) is 6.07 Å². The molecule has 0 spiro atoms. The Morgan fingerprint density at radius 1 is 1.19 bits per heavy atom. The van der Waals surface area contributed by atoms with Gasteiger partial charge in [-0.05, 0) is 22.0 Å². The molecule has 0 aliphatic carbocycles. The second-order valence-electron chi connectivity index (χ2n) is 3.89. The van der Waals surface area contributed by atoms with Crippen molar-refractivity contribution in [3.8, 4) is 0 Å². The summed E-state index contributed by atoms with van der Waals surface area (Å²) in [4.78, 5) is 0. The van der Waals surface area contributed by atoms with Crippen LogP contribution in [0.2, 0.25) is 0 Å². The zero-order chi connectivity index (χ0) is 11.8. The summed E-state index contributed by atoms with van der Waals surface area (Å²) in [5.41, 5.74) is -1.12. The van der Waals surface area contributed by atoms with Crippen LogP contribution in [-0.4, -0.2) is 18.3 Å². The molecule has 1 aromatic rings. The minimum absolute atomic E-state index is 0.129. The predicted octanol–water partition coefficient (Wildman–Crippen LogP) is 2.73. The SMILES string of the molecule is OC1(c2cc(Br)c(F)cc2F)CCOCC1. The van der Waals surface area contributed by atoms with E-state index in [1.807, 2.05) is 0 Å². The maximum Gasteiger partial charge on any atom is 0.140 e. The number of hydrogen-bond acceptors (Lipinski definition) is 2. The second-order valence-corrected chi connectivity index (χ2v) is 4.74. The maximum absolute atomic E-state index is 13.6. The molecule has 16 heavy (non-hydrogen) atoms. The fourth-order valence-electron chi connectivity index (χ4n) is 1.86. The molecule has 0 amide bonds. The molecular weight excluding hydrogens is 282 g/mol. The van der Waals surface area contributed by atoms with E-state index in [1.54, 1.807) is 0 Å². The van der Waals surface area contributed by atoms with Crippen LogP contribution < -0.4 is 0 Å². The van der Waals surface area contributed by atoms with E-state index in [0.29, 0.717) is 26.1 Å². The van der Waals surface area contributed by atoms with Crippen LogP contribution in [0.3, 0.4) is 0 Å². The Balaban J connectivity index is 2.42. The summed E-state index contributed by atoms with van der Waals surface area (Å²) in [6, 6.07) is 2.09. The molecule has 1 fully saturated rings. The lowest BCUT2D eigenvalue weighted by Crippen LogP contribution is -2.34. The molecule has 0 bridgehead atoms. The summed E-state index contributed by atoms with van der Waals surface area (Å²) < 4.78 is 31.9. The largest absolute Gasteiger partial charge is 0.385 e. The topological polar surface area (TPSA) is 29.5 Å². The molecule has 88 valence electrons. The van der Waals surface area contributed by atoms with Gasteiger partial charge < -0.3 is 9.84 Å². The number of ether oxygens (including phenoxy) is 1. The molecule has 2 nitrogen and oxygen atoms in total. The lowest BCUT2D eigenvalue weighted by atomic mass is 9.86. The minimum Gasteiger partial charge on any atom is -0.385 e. The van der Waals surface area contributed by atoms with Crippen molar-refractivity contribution in [3.05, 3.63) is 33.8 Å². The third kappa shape index (κ3) is 2.12. The monoisotopic (exact) mass is 292 g/mol. The molecule has 1 saturated heterocycles. The van der Waals surface area contributed by atoms with Crippen LogP contribution in [0.4, 0.5) is 8.78 Å². The maximum atomic E-state index is 13.6. The van der Waals surface area contributed by atoms with E-state index in [2.05, 4.69) is 15.9 Å². The fourth-order valence-corrected chi connectivity index (χ4v) is 2.20. The quantitative estimate of drug-likeness (QED) is 0.807. The number of benzene rings is 1. The van der Waals surface area contributed by atoms with Crippen LogP contribution in [0.25, 0.3) is 0 Å². The van der Waals surface area contributed by atoms with E-state index in [4.69, 9.17) is 4.74 Å². The van der Waals surface area contributed by atoms with E-state index in [1.165, 1.54) is 6.07 Å². The minimum atomic E-state index is -1.25. The summed E-state index contributed by atoms with van der Waals surface area (Å²) >= 11 is 2.99. The van der Waals surface area contributed by atoms with Gasteiger partial charge in [-0.25, -0.2) is 8.78 Å². The molecule has 0 saturated carbocycles. The van der Waals surface area contributed by atoms with E-state index in [9.17, 15) is 13.9 Å². The van der Waals surface area contributed by atoms with Crippen LogP contribution in [-0.2, 0) is 10.3 Å². The van der Waals surface area contributed by atoms with E-state index in [-0.39, 0.29) is 10.0 Å². The summed E-state index contributed by atoms with van der Waals surface area (Å²) in [5, 5.41) is 10.3. The first-order valence-electron chi connectivity index (χ1n) is 4.98. The van der Waals surface area contributed by atoms with Gasteiger partial charge >= 0.3 is 0 Å². The van der Waals surface area contributed by atoms with Crippen LogP contribution in [0, 0.1) is 11.6 Å². The second kappa shape index (κ2) is 4.39. The Labute approximate surface area is 100 Å². The lowest BCUT2D eigenvalue weighted by molar-refractivity contribution is -0.0698. The number of rotatable bonds is 1. The van der Waals surface area contributed by atoms with E-state index < -0.39 is 17.2 Å². The highest BCUT2D eigenvalue weighted by atomic mass is 79.9. The van der Waals surface area contributed by atoms with Gasteiger partial charge in [0, 0.05) is 37.7 Å². The molecular formula is C11H11BrF2O2. The van der Waals surface area contributed by atoms with Crippen molar-refractivity contribution in [3.63, 3.8) is 0 Å². The zero-order valence-corrected chi connectivity index (χ0v) is 10.1. The molecule has 2 rings (SSSR count). The van der Waals surface area contributed by atoms with Gasteiger partial charge in [-0.2, -0.15) is 0 Å². The highest BCUT2D eigenvalue weighted by Gasteiger charge is 2.34. The van der Waals surface area contributed by atoms with Crippen molar-refractivity contribution < 1.29 is 18.6 Å². The van der Waals surface area contributed by atoms with Gasteiger partial charge in [0.05, 0.1) is 10.1 Å². The van der Waals surface area contributed by atoms with Crippen molar-refractivity contribution in [1.29, 1.82) is 0 Å². The molecule has 1 aliphatic heterocycles. The smallest absolute Gasteiger partial charge is 0.140 e. The standard InChI is InChI=1S/C11H11BrF2O2/c12-8-5-7(9(13)6-10(8)14)11(15)1-3-16-4-2-11/h5-6,15H,1-4H2. The van der Waals surface area contributed by atoms with Crippen molar-refractivity contribution >= 4 is 15.9 Å². The van der Waals surface area contributed by atoms with Crippen LogP contribution in [0.5, 0.6) is 0 Å². The number of halogens is 3. The number of hydrogen-bond donors (Lipinski definition) is 1. The molecule has 0 atom stereocenters. The molecule has 5 heteroatoms. The third-order valence-electron chi connectivity index (χ3n) is 2.83. The Morgan fingerprint density at radius 3 is 2.44 bits per heavy atom. The van der Waals surface area contributed by atoms with Crippen LogP contribution >= 0.6 is 15.9 Å². The number of aliphatic hydroxyl groups is 1. The normalized spacial score (nSPS) is 19.8. The predicted molar refractivity (Wildman–Crippen MR) is 58.0 cm³/mol. The van der Waals surface area contributed by atoms with Crippen molar-refractivity contribution in [2.45, 2.75) is 18.4 Å². The Morgan fingerprint density at radius 2 is 1.81 bits per heavy atom. The van der Waals surface area contributed by atoms with Crippen molar-refractivity contribution in [2.24, 2.45) is 0 Å². The summed E-state index contributed by atoms with van der Waals surface area (Å²) in [7, 11) is 0. The average molecular weight is 293 g/mol. The van der Waals surface area contributed by atoms with E-state index >= 15 is 0 Å². The van der Waals surface area contributed by atoms with Gasteiger partial charge in [-0.15, -0.1) is 0 Å². The molecule has 0 aromatic heterocycles. The fraction of sp³-hybridized carbons (Fsp3) is 0.455. The first-order chi connectivity index (χ1) is 7.53. The first-order valence-corrected chi connectivity index (χ1v) is 5.77. The van der Waals surface area contributed by atoms with Gasteiger partial charge in [0.15, 0.2) is 0 Å². The zero-order valence-electron chi connectivity index (χ0n) is 8.47. The highest BCUT2D eigenvalue weighted by Crippen LogP contribution is 2.35. The molecule has 1 aliphatic rings. The summed E-state index contributed by atoms with van der Waals surface area (Å²) in [6.07, 6.45) is 0.643. The first kappa shape index (κ1) is 12.0. The summed E-state index contributed by atoms with van der Waals surface area (Å²) in [5.74, 6) is -1.39. The van der Waals surface area contributed by atoms with Crippen molar-refractivity contribution in [2.75, 3.05) is 13.2 Å². The van der Waals surface area contributed by atoms with Gasteiger partial charge in [-0.3, -0.25) is 0 Å². The molecule has 0 radical (unpaired) electrons. The Bertz CT molecular complexity index is 403. The highest BCUT2D eigenvalue weighted by molar-refractivity contribution is 9.10. The van der Waals surface area contributed by atoms with Gasteiger partial charge in [-0.1, -0.05) is 0 Å². The molecule has 0 unspecified atom stereocenters. The molecule has 1 N–H and O–H groups in total. The van der Waals surface area contributed by atoms with Crippen LogP contribution in [0.15, 0.2) is 16.6 Å². The summed E-state index contributed by atoms with van der Waals surface area (Å²) in [6.45, 7) is 0.760. The average Bonchev–Trinajstić information content (AvgIpc) is 2.24. The van der Waals surface area contributed by atoms with Gasteiger partial charge in [0.2, 0.25) is 0 Å². The van der Waals surface area contributed by atoms with Gasteiger partial charge in [0.25, 0.3) is 0 Å². The van der Waals surface area contributed by atoms with Crippen molar-refractivity contribution in [1.82, 2.24) is 0 Å². The Hall–Kier alpha value is -0.520. The lowest BCUT2D eigenvalue weighted by Gasteiger charge is -2.32. The van der Waals surface area contributed by atoms with Gasteiger partial charge in [0.1, 0.15) is 11.6 Å². The Kier molecular flexibility index (Phi) is 3.28. The molecule has 1 aromatic carbocycles. The third-order valence-corrected chi connectivity index (χ3v) is 3.44. The molecule has 1 heterocycles.